The first-order valence-corrected chi connectivity index (χ1v) is 8.94. The molecular formula is C20H34O3. The van der Waals surface area contributed by atoms with Crippen LogP contribution in [0.1, 0.15) is 60.3 Å². The highest BCUT2D eigenvalue weighted by molar-refractivity contribution is 5.14. The fourth-order valence-corrected chi connectivity index (χ4v) is 4.58. The highest BCUT2D eigenvalue weighted by Crippen LogP contribution is 2.54. The quantitative estimate of drug-likeness (QED) is 0.648. The molecule has 23 heavy (non-hydrogen) atoms. The Bertz CT molecular complexity index is 472. The molecule has 0 amide bonds. The van der Waals surface area contributed by atoms with Gasteiger partial charge in [0.25, 0.3) is 0 Å². The van der Waals surface area contributed by atoms with E-state index >= 15 is 0 Å². The minimum atomic E-state index is -1.02. The third-order valence-corrected chi connectivity index (χ3v) is 5.92. The van der Waals surface area contributed by atoms with Crippen LogP contribution in [0.25, 0.3) is 0 Å². The maximum absolute atomic E-state index is 11.0. The molecule has 0 aromatic heterocycles. The number of rotatable bonds is 1. The van der Waals surface area contributed by atoms with E-state index in [1.54, 1.807) is 6.92 Å². The first-order chi connectivity index (χ1) is 10.4. The molecular weight excluding hydrogens is 288 g/mol. The van der Waals surface area contributed by atoms with Crippen molar-refractivity contribution in [3.05, 3.63) is 24.3 Å². The standard InChI is InChI=1S/C20H34O3/c1-14-7-6-10-20(5,23)13-16(21)17-15(18(2,3)22)9-12-19(17,4)11-8-14/h6,8,10-11,14-17,21-23H,7,9,12-13H2,1-5H3/b10-6+,11-8+/t14-,15?,16+,17?,19+,20-/m1/s1. The molecule has 1 fully saturated rings. The predicted octanol–water partition coefficient (Wildman–Crippen LogP) is 3.44. The summed E-state index contributed by atoms with van der Waals surface area (Å²) >= 11 is 0. The first-order valence-electron chi connectivity index (χ1n) is 8.94. The number of aliphatic hydroxyl groups is 3. The van der Waals surface area contributed by atoms with Crippen LogP contribution in [0.4, 0.5) is 0 Å². The van der Waals surface area contributed by atoms with Crippen LogP contribution in [-0.4, -0.2) is 32.6 Å². The zero-order chi connectivity index (χ0) is 17.5. The van der Waals surface area contributed by atoms with Crippen LogP contribution in [0.3, 0.4) is 0 Å². The molecule has 132 valence electrons. The molecule has 3 nitrogen and oxygen atoms in total. The second kappa shape index (κ2) is 6.34. The van der Waals surface area contributed by atoms with Crippen LogP contribution in [0.2, 0.25) is 0 Å². The minimum Gasteiger partial charge on any atom is -0.393 e. The van der Waals surface area contributed by atoms with Gasteiger partial charge in [-0.15, -0.1) is 0 Å². The van der Waals surface area contributed by atoms with Gasteiger partial charge in [0.15, 0.2) is 0 Å². The van der Waals surface area contributed by atoms with Gasteiger partial charge in [-0.1, -0.05) is 38.2 Å². The second-order valence-electron chi connectivity index (χ2n) is 8.93. The van der Waals surface area contributed by atoms with Gasteiger partial charge in [-0.25, -0.2) is 0 Å². The lowest BCUT2D eigenvalue weighted by atomic mass is 9.68. The van der Waals surface area contributed by atoms with E-state index in [1.165, 1.54) is 0 Å². The van der Waals surface area contributed by atoms with Crippen molar-refractivity contribution in [3.8, 4) is 0 Å². The summed E-state index contributed by atoms with van der Waals surface area (Å²) in [6.07, 6.45) is 10.7. The van der Waals surface area contributed by atoms with Crippen LogP contribution in [0, 0.1) is 23.2 Å². The van der Waals surface area contributed by atoms with Crippen LogP contribution < -0.4 is 0 Å². The summed E-state index contributed by atoms with van der Waals surface area (Å²) in [4.78, 5) is 0. The predicted molar refractivity (Wildman–Crippen MR) is 93.9 cm³/mol. The summed E-state index contributed by atoms with van der Waals surface area (Å²) in [5.74, 6) is 0.378. The molecule has 2 aliphatic carbocycles. The fourth-order valence-electron chi connectivity index (χ4n) is 4.58. The van der Waals surface area contributed by atoms with Crippen LogP contribution >= 0.6 is 0 Å². The molecule has 0 aromatic rings. The normalized spacial score (nSPS) is 48.3. The number of aliphatic hydroxyl groups excluding tert-OH is 1. The van der Waals surface area contributed by atoms with Crippen molar-refractivity contribution < 1.29 is 15.3 Å². The van der Waals surface area contributed by atoms with Crippen molar-refractivity contribution in [3.63, 3.8) is 0 Å². The zero-order valence-electron chi connectivity index (χ0n) is 15.3. The topological polar surface area (TPSA) is 60.7 Å². The number of hydrogen-bond acceptors (Lipinski definition) is 3. The molecule has 0 aromatic carbocycles. The van der Waals surface area contributed by atoms with Crippen molar-refractivity contribution in [2.45, 2.75) is 77.6 Å². The maximum Gasteiger partial charge on any atom is 0.0824 e. The summed E-state index contributed by atoms with van der Waals surface area (Å²) in [6.45, 7) is 9.80. The zero-order valence-corrected chi connectivity index (χ0v) is 15.3. The molecule has 2 aliphatic rings. The van der Waals surface area contributed by atoms with Gasteiger partial charge in [0, 0.05) is 6.42 Å². The number of fused-ring (bicyclic) bond motifs is 1. The first kappa shape index (κ1) is 18.7. The summed E-state index contributed by atoms with van der Waals surface area (Å²) < 4.78 is 0. The van der Waals surface area contributed by atoms with Gasteiger partial charge in [0.1, 0.15) is 0 Å². The molecule has 0 heterocycles. The highest BCUT2D eigenvalue weighted by atomic mass is 16.3. The van der Waals surface area contributed by atoms with E-state index < -0.39 is 17.3 Å². The van der Waals surface area contributed by atoms with Crippen molar-refractivity contribution in [1.29, 1.82) is 0 Å². The van der Waals surface area contributed by atoms with Gasteiger partial charge in [-0.2, -0.15) is 0 Å². The van der Waals surface area contributed by atoms with Crippen LogP contribution in [0.5, 0.6) is 0 Å². The molecule has 2 rings (SSSR count). The molecule has 6 atom stereocenters. The van der Waals surface area contributed by atoms with Gasteiger partial charge in [0.05, 0.1) is 17.3 Å². The Labute approximate surface area is 141 Å². The average Bonchev–Trinajstić information content (AvgIpc) is 2.73. The highest BCUT2D eigenvalue weighted by Gasteiger charge is 2.52. The molecule has 0 bridgehead atoms. The Morgan fingerprint density at radius 1 is 1.17 bits per heavy atom. The van der Waals surface area contributed by atoms with E-state index in [1.807, 2.05) is 26.0 Å². The summed E-state index contributed by atoms with van der Waals surface area (Å²) in [6, 6.07) is 0. The van der Waals surface area contributed by atoms with Crippen molar-refractivity contribution in [2.24, 2.45) is 23.2 Å². The number of allylic oxidation sites excluding steroid dienone is 3. The van der Waals surface area contributed by atoms with Crippen molar-refractivity contribution >= 4 is 0 Å². The summed E-state index contributed by atoms with van der Waals surface area (Å²) in [5.41, 5.74) is -1.99. The van der Waals surface area contributed by atoms with Gasteiger partial charge < -0.3 is 15.3 Å². The van der Waals surface area contributed by atoms with E-state index in [9.17, 15) is 15.3 Å². The maximum atomic E-state index is 11.0. The molecule has 0 saturated heterocycles. The summed E-state index contributed by atoms with van der Waals surface area (Å²) in [7, 11) is 0. The largest absolute Gasteiger partial charge is 0.393 e. The molecule has 0 aliphatic heterocycles. The SMILES string of the molecule is C[C@H]1/C=C/[C@@]2(C)CCC(C(C)(C)O)C2[C@@H](O)C[C@](C)(O)/C=C/C1. The molecule has 3 heteroatoms. The average molecular weight is 322 g/mol. The van der Waals surface area contributed by atoms with Gasteiger partial charge in [-0.05, 0) is 63.2 Å². The van der Waals surface area contributed by atoms with E-state index in [2.05, 4.69) is 26.0 Å². The summed E-state index contributed by atoms with van der Waals surface area (Å²) in [5, 5.41) is 32.2. The molecule has 2 unspecified atom stereocenters. The smallest absolute Gasteiger partial charge is 0.0824 e. The van der Waals surface area contributed by atoms with E-state index in [-0.39, 0.29) is 17.3 Å². The van der Waals surface area contributed by atoms with Crippen molar-refractivity contribution in [2.75, 3.05) is 0 Å². The third-order valence-electron chi connectivity index (χ3n) is 5.92. The molecule has 3 N–H and O–H groups in total. The number of hydrogen-bond donors (Lipinski definition) is 3. The Balaban J connectivity index is 2.43. The minimum absolute atomic E-state index is 0.0305. The molecule has 0 radical (unpaired) electrons. The fraction of sp³-hybridized carbons (Fsp3) is 0.800. The molecule has 1 saturated carbocycles. The van der Waals surface area contributed by atoms with Gasteiger partial charge in [-0.3, -0.25) is 0 Å². The molecule has 0 spiro atoms. The third kappa shape index (κ3) is 4.26. The second-order valence-corrected chi connectivity index (χ2v) is 8.93. The Hall–Kier alpha value is -0.640. The van der Waals surface area contributed by atoms with Crippen molar-refractivity contribution in [1.82, 2.24) is 0 Å². The van der Waals surface area contributed by atoms with E-state index in [0.29, 0.717) is 12.3 Å². The van der Waals surface area contributed by atoms with Gasteiger partial charge >= 0.3 is 0 Å². The lowest BCUT2D eigenvalue weighted by Gasteiger charge is -2.41. The lowest BCUT2D eigenvalue weighted by Crippen LogP contribution is -2.45. The Kier molecular flexibility index (Phi) is 5.16. The monoisotopic (exact) mass is 322 g/mol. The van der Waals surface area contributed by atoms with E-state index in [0.717, 1.165) is 19.3 Å². The Morgan fingerprint density at radius 2 is 1.83 bits per heavy atom. The van der Waals surface area contributed by atoms with Gasteiger partial charge in [0.2, 0.25) is 0 Å². The van der Waals surface area contributed by atoms with Crippen LogP contribution in [-0.2, 0) is 0 Å². The lowest BCUT2D eigenvalue weighted by molar-refractivity contribution is -0.0700. The van der Waals surface area contributed by atoms with E-state index in [4.69, 9.17) is 0 Å². The van der Waals surface area contributed by atoms with Crippen LogP contribution in [0.15, 0.2) is 24.3 Å². The Morgan fingerprint density at radius 3 is 2.43 bits per heavy atom.